The van der Waals surface area contributed by atoms with Crippen LogP contribution in [-0.4, -0.2) is 44.7 Å². The van der Waals surface area contributed by atoms with Gasteiger partial charge in [-0.15, -0.1) is 0 Å². The molecule has 1 N–H and O–H groups in total. The molecular formula is C17H28N2O2. The molecule has 0 heterocycles. The molecule has 0 saturated carbocycles. The molecule has 1 aromatic carbocycles. The summed E-state index contributed by atoms with van der Waals surface area (Å²) in [5.41, 5.74) is 1.40. The van der Waals surface area contributed by atoms with E-state index in [4.69, 9.17) is 4.74 Å². The number of nitrogens with one attached hydrogen (secondary N) is 1. The third-order valence-corrected chi connectivity index (χ3v) is 3.66. The van der Waals surface area contributed by atoms with Crippen LogP contribution < -0.4 is 5.32 Å². The van der Waals surface area contributed by atoms with E-state index in [-0.39, 0.29) is 5.97 Å². The van der Waals surface area contributed by atoms with Crippen molar-refractivity contribution in [1.29, 1.82) is 0 Å². The molecule has 0 radical (unpaired) electrons. The van der Waals surface area contributed by atoms with E-state index in [1.54, 1.807) is 0 Å². The highest BCUT2D eigenvalue weighted by atomic mass is 16.5. The Bertz CT molecular complexity index is 443. The van der Waals surface area contributed by atoms with Gasteiger partial charge in [0.1, 0.15) is 5.54 Å². The summed E-state index contributed by atoms with van der Waals surface area (Å²) >= 11 is 0. The first-order valence-corrected chi connectivity index (χ1v) is 7.60. The molecule has 0 aliphatic rings. The number of ether oxygens (including phenoxy) is 1. The quantitative estimate of drug-likeness (QED) is 0.746. The topological polar surface area (TPSA) is 41.6 Å². The monoisotopic (exact) mass is 292 g/mol. The number of aryl methyl sites for hydroxylation is 1. The third-order valence-electron chi connectivity index (χ3n) is 3.66. The van der Waals surface area contributed by atoms with Crippen LogP contribution in [0.5, 0.6) is 0 Å². The lowest BCUT2D eigenvalue weighted by atomic mass is 9.91. The van der Waals surface area contributed by atoms with E-state index in [0.717, 1.165) is 25.1 Å². The Balaban J connectivity index is 2.95. The lowest BCUT2D eigenvalue weighted by molar-refractivity contribution is -0.151. The van der Waals surface area contributed by atoms with Gasteiger partial charge in [0, 0.05) is 13.1 Å². The molecular weight excluding hydrogens is 264 g/mol. The van der Waals surface area contributed by atoms with Crippen LogP contribution in [-0.2, 0) is 21.5 Å². The molecule has 1 aromatic rings. The number of carbonyl (C=O) groups is 1. The number of hydrogen-bond acceptors (Lipinski definition) is 4. The van der Waals surface area contributed by atoms with Crippen LogP contribution in [0.4, 0.5) is 0 Å². The van der Waals surface area contributed by atoms with Gasteiger partial charge in [0.2, 0.25) is 0 Å². The van der Waals surface area contributed by atoms with Crippen molar-refractivity contribution in [3.63, 3.8) is 0 Å². The largest absolute Gasteiger partial charge is 0.464 e. The summed E-state index contributed by atoms with van der Waals surface area (Å²) in [4.78, 5) is 14.5. The summed E-state index contributed by atoms with van der Waals surface area (Å²) in [7, 11) is 4.03. The SMILES string of the molecule is CCOC(=O)C(C)(NCCN(C)C)c1ccc(CC)cc1. The highest BCUT2D eigenvalue weighted by molar-refractivity contribution is 5.82. The van der Waals surface area contributed by atoms with Crippen molar-refractivity contribution in [3.05, 3.63) is 35.4 Å². The van der Waals surface area contributed by atoms with Crippen LogP contribution in [0.25, 0.3) is 0 Å². The van der Waals surface area contributed by atoms with Crippen molar-refractivity contribution in [1.82, 2.24) is 10.2 Å². The number of esters is 1. The summed E-state index contributed by atoms with van der Waals surface area (Å²) in [6.07, 6.45) is 0.991. The molecule has 0 aliphatic carbocycles. The van der Waals surface area contributed by atoms with Crippen LogP contribution in [0.1, 0.15) is 31.9 Å². The van der Waals surface area contributed by atoms with E-state index in [9.17, 15) is 4.79 Å². The number of hydrogen-bond donors (Lipinski definition) is 1. The first-order valence-electron chi connectivity index (χ1n) is 7.60. The first kappa shape index (κ1) is 17.7. The molecule has 1 rings (SSSR count). The zero-order valence-electron chi connectivity index (χ0n) is 13.9. The fourth-order valence-corrected chi connectivity index (χ4v) is 2.17. The average molecular weight is 292 g/mol. The Morgan fingerprint density at radius 1 is 1.24 bits per heavy atom. The maximum absolute atomic E-state index is 12.4. The Labute approximate surface area is 128 Å². The molecule has 0 aliphatic heterocycles. The van der Waals surface area contributed by atoms with E-state index in [1.165, 1.54) is 5.56 Å². The second kappa shape index (κ2) is 8.15. The summed E-state index contributed by atoms with van der Waals surface area (Å²) in [5.74, 6) is -0.229. The van der Waals surface area contributed by atoms with Crippen molar-refractivity contribution >= 4 is 5.97 Å². The number of likely N-dealkylation sites (N-methyl/N-ethyl adjacent to an activating group) is 1. The zero-order valence-corrected chi connectivity index (χ0v) is 13.9. The lowest BCUT2D eigenvalue weighted by Crippen LogP contribution is -2.49. The van der Waals surface area contributed by atoms with Crippen molar-refractivity contribution in [2.24, 2.45) is 0 Å². The van der Waals surface area contributed by atoms with Crippen LogP contribution in [0, 0.1) is 0 Å². The smallest absolute Gasteiger partial charge is 0.330 e. The Morgan fingerprint density at radius 2 is 1.86 bits per heavy atom. The predicted molar refractivity (Wildman–Crippen MR) is 86.4 cm³/mol. The van der Waals surface area contributed by atoms with E-state index in [2.05, 4.69) is 29.3 Å². The standard InChI is InChI=1S/C17H28N2O2/c1-6-14-8-10-15(11-9-14)17(3,16(20)21-7-2)18-12-13-19(4)5/h8-11,18H,6-7,12-13H2,1-5H3. The maximum Gasteiger partial charge on any atom is 0.330 e. The summed E-state index contributed by atoms with van der Waals surface area (Å²) in [6, 6.07) is 8.16. The fourth-order valence-electron chi connectivity index (χ4n) is 2.17. The molecule has 0 saturated heterocycles. The van der Waals surface area contributed by atoms with Crippen molar-refractivity contribution < 1.29 is 9.53 Å². The summed E-state index contributed by atoms with van der Waals surface area (Å²) in [6.45, 7) is 7.81. The second-order valence-electron chi connectivity index (χ2n) is 5.63. The minimum Gasteiger partial charge on any atom is -0.464 e. The van der Waals surface area contributed by atoms with E-state index >= 15 is 0 Å². The van der Waals surface area contributed by atoms with Crippen LogP contribution in [0.2, 0.25) is 0 Å². The normalized spacial score (nSPS) is 14.0. The molecule has 4 nitrogen and oxygen atoms in total. The van der Waals surface area contributed by atoms with Gasteiger partial charge in [0.15, 0.2) is 0 Å². The molecule has 0 spiro atoms. The lowest BCUT2D eigenvalue weighted by Gasteiger charge is -2.30. The van der Waals surface area contributed by atoms with Gasteiger partial charge in [-0.05, 0) is 45.5 Å². The predicted octanol–water partition coefficient (Wildman–Crippen LogP) is 2.18. The van der Waals surface area contributed by atoms with Gasteiger partial charge in [-0.25, -0.2) is 4.79 Å². The molecule has 1 unspecified atom stereocenters. The molecule has 4 heteroatoms. The van der Waals surface area contributed by atoms with Crippen molar-refractivity contribution in [3.8, 4) is 0 Å². The van der Waals surface area contributed by atoms with E-state index in [0.29, 0.717) is 6.61 Å². The summed E-state index contributed by atoms with van der Waals surface area (Å²) in [5, 5.41) is 3.35. The van der Waals surface area contributed by atoms with Gasteiger partial charge < -0.3 is 9.64 Å². The van der Waals surface area contributed by atoms with Crippen molar-refractivity contribution in [2.75, 3.05) is 33.8 Å². The molecule has 118 valence electrons. The molecule has 0 aromatic heterocycles. The molecule has 0 fully saturated rings. The Morgan fingerprint density at radius 3 is 2.33 bits per heavy atom. The fraction of sp³-hybridized carbons (Fsp3) is 0.588. The molecule has 0 amide bonds. The first-order chi connectivity index (χ1) is 9.93. The van der Waals surface area contributed by atoms with Gasteiger partial charge in [-0.2, -0.15) is 0 Å². The molecule has 0 bridgehead atoms. The number of rotatable bonds is 8. The Kier molecular flexibility index (Phi) is 6.85. The summed E-state index contributed by atoms with van der Waals surface area (Å²) < 4.78 is 5.26. The highest BCUT2D eigenvalue weighted by Gasteiger charge is 2.36. The number of nitrogens with zero attached hydrogens (tertiary/aromatic N) is 1. The maximum atomic E-state index is 12.4. The minimum atomic E-state index is -0.807. The third kappa shape index (κ3) is 4.83. The van der Waals surface area contributed by atoms with Crippen LogP contribution >= 0.6 is 0 Å². The van der Waals surface area contributed by atoms with Gasteiger partial charge in [0.25, 0.3) is 0 Å². The molecule has 21 heavy (non-hydrogen) atoms. The number of carbonyl (C=O) groups excluding carboxylic acids is 1. The Hall–Kier alpha value is -1.39. The zero-order chi connectivity index (χ0) is 15.9. The average Bonchev–Trinajstić information content (AvgIpc) is 2.47. The van der Waals surface area contributed by atoms with Crippen molar-refractivity contribution in [2.45, 2.75) is 32.7 Å². The van der Waals surface area contributed by atoms with Gasteiger partial charge in [0.05, 0.1) is 6.61 Å². The van der Waals surface area contributed by atoms with E-state index in [1.807, 2.05) is 40.1 Å². The van der Waals surface area contributed by atoms with E-state index < -0.39 is 5.54 Å². The number of benzene rings is 1. The van der Waals surface area contributed by atoms with Gasteiger partial charge in [-0.1, -0.05) is 31.2 Å². The van der Waals surface area contributed by atoms with Crippen LogP contribution in [0.15, 0.2) is 24.3 Å². The molecule has 1 atom stereocenters. The highest BCUT2D eigenvalue weighted by Crippen LogP contribution is 2.23. The second-order valence-corrected chi connectivity index (χ2v) is 5.63. The minimum absolute atomic E-state index is 0.229. The van der Waals surface area contributed by atoms with Crippen LogP contribution in [0.3, 0.4) is 0 Å². The van der Waals surface area contributed by atoms with Gasteiger partial charge >= 0.3 is 5.97 Å². The van der Waals surface area contributed by atoms with Gasteiger partial charge in [-0.3, -0.25) is 5.32 Å².